The van der Waals surface area contributed by atoms with E-state index in [1.54, 1.807) is 6.26 Å². The third-order valence-corrected chi connectivity index (χ3v) is 2.52. The number of unbranched alkanes of at least 4 members (excludes halogenated alkanes) is 6. The zero-order valence-electron chi connectivity index (χ0n) is 11.7. The van der Waals surface area contributed by atoms with E-state index in [2.05, 4.69) is 6.92 Å². The van der Waals surface area contributed by atoms with Crippen molar-refractivity contribution in [1.29, 1.82) is 0 Å². The molecule has 0 radical (unpaired) electrons. The smallest absolute Gasteiger partial charge is 0.125 e. The van der Waals surface area contributed by atoms with Gasteiger partial charge in [-0.3, -0.25) is 0 Å². The minimum absolute atomic E-state index is 0.432. The topological polar surface area (TPSA) is 53.7 Å². The van der Waals surface area contributed by atoms with Crippen molar-refractivity contribution >= 4 is 0 Å². The Balaban J connectivity index is 3.00. The van der Waals surface area contributed by atoms with E-state index in [1.165, 1.54) is 38.5 Å². The molecule has 4 heteroatoms. The summed E-state index contributed by atoms with van der Waals surface area (Å²) in [6, 6.07) is 0. The first-order chi connectivity index (χ1) is 8.91. The fourth-order valence-electron chi connectivity index (χ4n) is 1.52. The number of nitrogens with two attached hydrogens (primary N) is 1. The molecule has 0 aromatic carbocycles. The normalized spacial score (nSPS) is 11.2. The molecule has 0 unspecified atom stereocenters. The van der Waals surface area contributed by atoms with Gasteiger partial charge in [0, 0.05) is 6.54 Å². The summed E-state index contributed by atoms with van der Waals surface area (Å²) in [5.41, 5.74) is 5.27. The maximum absolute atomic E-state index is 5.27. The van der Waals surface area contributed by atoms with E-state index < -0.39 is 0 Å². The van der Waals surface area contributed by atoms with Crippen molar-refractivity contribution in [2.75, 3.05) is 26.4 Å². The summed E-state index contributed by atoms with van der Waals surface area (Å²) in [6.45, 7) is 4.29. The largest absolute Gasteiger partial charge is 0.378 e. The summed E-state index contributed by atoms with van der Waals surface area (Å²) in [6.07, 6.45) is 12.6. The van der Waals surface area contributed by atoms with Gasteiger partial charge in [0.25, 0.3) is 0 Å². The van der Waals surface area contributed by atoms with Gasteiger partial charge in [-0.25, -0.2) is 0 Å². The van der Waals surface area contributed by atoms with Gasteiger partial charge >= 0.3 is 0 Å². The first-order valence-corrected chi connectivity index (χ1v) is 7.13. The lowest BCUT2D eigenvalue weighted by Gasteiger charge is -2.02. The fourth-order valence-corrected chi connectivity index (χ4v) is 1.52. The third-order valence-electron chi connectivity index (χ3n) is 2.52. The van der Waals surface area contributed by atoms with Crippen LogP contribution in [-0.2, 0) is 14.5 Å². The lowest BCUT2D eigenvalue weighted by atomic mass is 10.1. The molecule has 2 N–H and O–H groups in total. The second kappa shape index (κ2) is 16.4. The van der Waals surface area contributed by atoms with E-state index in [-0.39, 0.29) is 0 Å². The fraction of sp³-hybridized carbons (Fsp3) is 0.857. The van der Waals surface area contributed by atoms with E-state index in [4.69, 9.17) is 20.2 Å². The summed E-state index contributed by atoms with van der Waals surface area (Å²) in [4.78, 5) is 9.75. The molecule has 0 rings (SSSR count). The van der Waals surface area contributed by atoms with E-state index >= 15 is 0 Å². The molecule has 0 aliphatic carbocycles. The zero-order valence-corrected chi connectivity index (χ0v) is 11.7. The molecule has 0 atom stereocenters. The molecule has 0 aliphatic heterocycles. The average molecular weight is 259 g/mol. The average Bonchev–Trinajstić information content (AvgIpc) is 2.39. The van der Waals surface area contributed by atoms with Gasteiger partial charge < -0.3 is 15.4 Å². The maximum atomic E-state index is 5.27. The highest BCUT2D eigenvalue weighted by molar-refractivity contribution is 4.71. The summed E-state index contributed by atoms with van der Waals surface area (Å²) >= 11 is 0. The van der Waals surface area contributed by atoms with Crippen LogP contribution in [0.15, 0.2) is 12.3 Å². The lowest BCUT2D eigenvalue weighted by Crippen LogP contribution is -2.11. The van der Waals surface area contributed by atoms with Crippen LogP contribution in [0.2, 0.25) is 0 Å². The second-order valence-electron chi connectivity index (χ2n) is 4.25. The van der Waals surface area contributed by atoms with Gasteiger partial charge in [-0.05, 0) is 18.9 Å². The number of rotatable bonds is 14. The van der Waals surface area contributed by atoms with Crippen LogP contribution in [0.3, 0.4) is 0 Å². The Morgan fingerprint density at radius 2 is 1.72 bits per heavy atom. The van der Waals surface area contributed by atoms with Crippen LogP contribution in [0.5, 0.6) is 0 Å². The van der Waals surface area contributed by atoms with Crippen LogP contribution in [0.1, 0.15) is 51.9 Å². The number of allylic oxidation sites excluding steroid dienone is 1. The van der Waals surface area contributed by atoms with Crippen molar-refractivity contribution < 1.29 is 14.5 Å². The quantitative estimate of drug-likeness (QED) is 0.225. The molecule has 0 spiro atoms. The first-order valence-electron chi connectivity index (χ1n) is 7.13. The van der Waals surface area contributed by atoms with Crippen molar-refractivity contribution in [2.45, 2.75) is 51.9 Å². The third kappa shape index (κ3) is 15.4. The van der Waals surface area contributed by atoms with Gasteiger partial charge in [0.1, 0.15) is 12.9 Å². The summed E-state index contributed by atoms with van der Waals surface area (Å²) in [5, 5.41) is 0. The standard InChI is InChI=1S/C14H29NO3/c1-2-3-4-5-6-7-8-9-11-17-18-14-13-16-12-10-15/h9,11H,2-8,10,12-15H2,1H3. The van der Waals surface area contributed by atoms with Gasteiger partial charge in [-0.15, -0.1) is 0 Å². The monoisotopic (exact) mass is 259 g/mol. The number of ether oxygens (including phenoxy) is 1. The van der Waals surface area contributed by atoms with Crippen LogP contribution in [-0.4, -0.2) is 26.4 Å². The molecule has 0 amide bonds. The van der Waals surface area contributed by atoms with Crippen molar-refractivity contribution in [1.82, 2.24) is 0 Å². The lowest BCUT2D eigenvalue weighted by molar-refractivity contribution is -0.255. The molecule has 4 nitrogen and oxygen atoms in total. The molecule has 0 aromatic rings. The predicted octanol–water partition coefficient (Wildman–Crippen LogP) is 3.17. The van der Waals surface area contributed by atoms with Crippen LogP contribution >= 0.6 is 0 Å². The van der Waals surface area contributed by atoms with Crippen molar-refractivity contribution in [3.05, 3.63) is 12.3 Å². The number of hydrogen-bond donors (Lipinski definition) is 1. The van der Waals surface area contributed by atoms with E-state index in [0.29, 0.717) is 26.4 Å². The van der Waals surface area contributed by atoms with Gasteiger partial charge in [0.2, 0.25) is 0 Å². The van der Waals surface area contributed by atoms with Crippen LogP contribution in [0, 0.1) is 0 Å². The summed E-state index contributed by atoms with van der Waals surface area (Å²) in [7, 11) is 0. The minimum Gasteiger partial charge on any atom is -0.378 e. The SMILES string of the molecule is CCCCCCCCC=COOCCOCCN. The van der Waals surface area contributed by atoms with Gasteiger partial charge in [-0.1, -0.05) is 39.0 Å². The van der Waals surface area contributed by atoms with Crippen molar-refractivity contribution in [3.8, 4) is 0 Å². The van der Waals surface area contributed by atoms with Crippen LogP contribution < -0.4 is 5.73 Å². The first kappa shape index (κ1) is 17.4. The van der Waals surface area contributed by atoms with E-state index in [9.17, 15) is 0 Å². The predicted molar refractivity (Wildman–Crippen MR) is 74.0 cm³/mol. The Morgan fingerprint density at radius 1 is 0.944 bits per heavy atom. The molecular weight excluding hydrogens is 230 g/mol. The summed E-state index contributed by atoms with van der Waals surface area (Å²) < 4.78 is 5.12. The molecule has 0 fully saturated rings. The van der Waals surface area contributed by atoms with Crippen LogP contribution in [0.4, 0.5) is 0 Å². The maximum Gasteiger partial charge on any atom is 0.125 e. The second-order valence-corrected chi connectivity index (χ2v) is 4.25. The Hall–Kier alpha value is -0.580. The summed E-state index contributed by atoms with van der Waals surface area (Å²) in [5.74, 6) is 0. The molecule has 0 saturated heterocycles. The molecule has 0 aromatic heterocycles. The van der Waals surface area contributed by atoms with Gasteiger partial charge in [0.15, 0.2) is 0 Å². The molecular formula is C14H29NO3. The highest BCUT2D eigenvalue weighted by atomic mass is 17.2. The molecule has 0 saturated carbocycles. The minimum atomic E-state index is 0.432. The van der Waals surface area contributed by atoms with Crippen LogP contribution in [0.25, 0.3) is 0 Å². The molecule has 0 heterocycles. The van der Waals surface area contributed by atoms with E-state index in [1.807, 2.05) is 6.08 Å². The number of hydrogen-bond acceptors (Lipinski definition) is 4. The van der Waals surface area contributed by atoms with Gasteiger partial charge in [-0.2, -0.15) is 4.89 Å². The molecule has 18 heavy (non-hydrogen) atoms. The Morgan fingerprint density at radius 3 is 2.50 bits per heavy atom. The highest BCUT2D eigenvalue weighted by Gasteiger charge is 1.89. The van der Waals surface area contributed by atoms with Crippen molar-refractivity contribution in [3.63, 3.8) is 0 Å². The van der Waals surface area contributed by atoms with E-state index in [0.717, 1.165) is 6.42 Å². The van der Waals surface area contributed by atoms with Crippen molar-refractivity contribution in [2.24, 2.45) is 5.73 Å². The molecule has 0 aliphatic rings. The van der Waals surface area contributed by atoms with Gasteiger partial charge in [0.05, 0.1) is 13.2 Å². The highest BCUT2D eigenvalue weighted by Crippen LogP contribution is 2.07. The zero-order chi connectivity index (χ0) is 13.3. The Bertz CT molecular complexity index is 156. The Labute approximate surface area is 111 Å². The molecule has 0 bridgehead atoms. The molecule has 108 valence electrons. The Kier molecular flexibility index (Phi) is 15.9.